The Morgan fingerprint density at radius 3 is 2.37 bits per heavy atom. The summed E-state index contributed by atoms with van der Waals surface area (Å²) in [6.07, 6.45) is 1.01. The minimum Gasteiger partial charge on any atom is -0.461 e. The van der Waals surface area contributed by atoms with Gasteiger partial charge in [0.05, 0.1) is 13.2 Å². The fourth-order valence-electron chi connectivity index (χ4n) is 3.07. The summed E-state index contributed by atoms with van der Waals surface area (Å²) >= 11 is 0. The molecule has 1 aromatic rings. The second-order valence-corrected chi connectivity index (χ2v) is 8.30. The Morgan fingerprint density at radius 2 is 1.77 bits per heavy atom. The van der Waals surface area contributed by atoms with Crippen molar-refractivity contribution in [2.75, 3.05) is 69.4 Å². The largest absolute Gasteiger partial charge is 0.461 e. The third kappa shape index (κ3) is 7.91. The van der Waals surface area contributed by atoms with E-state index >= 15 is 0 Å². The van der Waals surface area contributed by atoms with Crippen molar-refractivity contribution in [1.29, 1.82) is 0 Å². The van der Waals surface area contributed by atoms with Gasteiger partial charge in [-0.3, -0.25) is 9.69 Å². The molecule has 0 bridgehead atoms. The Kier molecular flexibility index (Phi) is 9.51. The number of amides is 1. The van der Waals surface area contributed by atoms with E-state index in [1.807, 2.05) is 0 Å². The number of likely N-dealkylation sites (N-methyl/N-ethyl adjacent to an activating group) is 1. The zero-order valence-electron chi connectivity index (χ0n) is 19.0. The minimum atomic E-state index is -0.453. The molecule has 0 spiro atoms. The summed E-state index contributed by atoms with van der Waals surface area (Å²) in [6.45, 7) is 13.8. The van der Waals surface area contributed by atoms with Crippen molar-refractivity contribution in [2.45, 2.75) is 40.2 Å². The predicted octanol–water partition coefficient (Wildman–Crippen LogP) is 0.765. The highest BCUT2D eigenvalue weighted by Gasteiger charge is 2.23. The first-order chi connectivity index (χ1) is 14.3. The average molecular weight is 424 g/mol. The molecule has 0 radical (unpaired) electrons. The van der Waals surface area contributed by atoms with Gasteiger partial charge in [-0.15, -0.1) is 0 Å². The molecule has 0 unspecified atom stereocenters. The average Bonchev–Trinajstić information content (AvgIpc) is 2.69. The molecule has 0 aliphatic carbocycles. The molecular weight excluding hydrogens is 386 g/mol. The lowest BCUT2D eigenvalue weighted by molar-refractivity contribution is -0.116. The van der Waals surface area contributed by atoms with Crippen LogP contribution in [0.4, 0.5) is 11.9 Å². The summed E-state index contributed by atoms with van der Waals surface area (Å²) in [5, 5.41) is 0. The number of nitrogens with zero attached hydrogens (tertiary/aromatic N) is 6. The maximum Gasteiger partial charge on any atom is 0.323 e. The van der Waals surface area contributed by atoms with Gasteiger partial charge in [-0.2, -0.15) is 15.0 Å². The topological polar surface area (TPSA) is 110 Å². The first-order valence-corrected chi connectivity index (χ1v) is 10.7. The van der Waals surface area contributed by atoms with Crippen molar-refractivity contribution in [3.05, 3.63) is 0 Å². The molecule has 1 amide bonds. The standard InChI is InChI=1S/C20H37N7O3/c1-15(2)6-11-29-12-13-30-20-23-18(25(5)14-17(21)28)22-19(24-20)27-9-7-26(8-10-27)16(3)4/h15-16H,6-14H2,1-5H3,(H2,21,28). The van der Waals surface area contributed by atoms with Crippen LogP contribution in [-0.4, -0.2) is 91.4 Å². The molecule has 1 aromatic heterocycles. The predicted molar refractivity (Wildman–Crippen MR) is 117 cm³/mol. The maximum absolute atomic E-state index is 11.3. The third-order valence-electron chi connectivity index (χ3n) is 4.95. The van der Waals surface area contributed by atoms with Gasteiger partial charge < -0.3 is 25.0 Å². The lowest BCUT2D eigenvalue weighted by atomic mass is 10.1. The SMILES string of the molecule is CC(C)CCOCCOc1nc(N(C)CC(N)=O)nc(N2CCN(C(C)C)CC2)n1. The van der Waals surface area contributed by atoms with E-state index in [2.05, 4.69) is 52.4 Å². The van der Waals surface area contributed by atoms with E-state index in [-0.39, 0.29) is 12.6 Å². The molecule has 2 N–H and O–H groups in total. The quantitative estimate of drug-likeness (QED) is 0.487. The first kappa shape index (κ1) is 24.1. The Balaban J connectivity index is 2.04. The zero-order chi connectivity index (χ0) is 22.1. The zero-order valence-corrected chi connectivity index (χ0v) is 19.0. The Hall–Kier alpha value is -2.20. The van der Waals surface area contributed by atoms with Gasteiger partial charge in [-0.25, -0.2) is 0 Å². The summed E-state index contributed by atoms with van der Waals surface area (Å²) in [5.41, 5.74) is 5.33. The highest BCUT2D eigenvalue weighted by molar-refractivity contribution is 5.78. The van der Waals surface area contributed by atoms with Crippen LogP contribution in [0.5, 0.6) is 6.01 Å². The number of ether oxygens (including phenoxy) is 2. The van der Waals surface area contributed by atoms with Crippen molar-refractivity contribution in [1.82, 2.24) is 19.9 Å². The molecule has 30 heavy (non-hydrogen) atoms. The summed E-state index contributed by atoms with van der Waals surface area (Å²) in [6, 6.07) is 0.738. The van der Waals surface area contributed by atoms with E-state index in [0.29, 0.717) is 43.7 Å². The van der Waals surface area contributed by atoms with Crippen LogP contribution in [0.1, 0.15) is 34.1 Å². The first-order valence-electron chi connectivity index (χ1n) is 10.7. The van der Waals surface area contributed by atoms with E-state index in [0.717, 1.165) is 32.6 Å². The van der Waals surface area contributed by atoms with Gasteiger partial charge in [0.2, 0.25) is 17.8 Å². The Morgan fingerprint density at radius 1 is 1.07 bits per heavy atom. The number of piperazine rings is 1. The number of carbonyl (C=O) groups is 1. The number of hydrogen-bond acceptors (Lipinski definition) is 9. The Labute approximate surface area is 179 Å². The molecule has 0 saturated carbocycles. The van der Waals surface area contributed by atoms with Gasteiger partial charge in [0, 0.05) is 45.9 Å². The summed E-state index contributed by atoms with van der Waals surface area (Å²) < 4.78 is 11.3. The van der Waals surface area contributed by atoms with Crippen molar-refractivity contribution in [3.8, 4) is 6.01 Å². The molecule has 1 aliphatic rings. The van der Waals surface area contributed by atoms with Gasteiger partial charge in [0.15, 0.2) is 0 Å². The van der Waals surface area contributed by atoms with Crippen LogP contribution in [0.3, 0.4) is 0 Å². The van der Waals surface area contributed by atoms with Crippen LogP contribution < -0.4 is 20.3 Å². The van der Waals surface area contributed by atoms with E-state index in [4.69, 9.17) is 15.2 Å². The Bertz CT molecular complexity index is 664. The van der Waals surface area contributed by atoms with Crippen LogP contribution in [0.2, 0.25) is 0 Å². The smallest absolute Gasteiger partial charge is 0.323 e. The fourth-order valence-corrected chi connectivity index (χ4v) is 3.07. The number of hydrogen-bond donors (Lipinski definition) is 1. The van der Waals surface area contributed by atoms with Crippen LogP contribution in [-0.2, 0) is 9.53 Å². The molecule has 0 atom stereocenters. The van der Waals surface area contributed by atoms with Crippen molar-refractivity contribution in [2.24, 2.45) is 11.7 Å². The van der Waals surface area contributed by atoms with Gasteiger partial charge in [-0.1, -0.05) is 13.8 Å². The number of aromatic nitrogens is 3. The second-order valence-electron chi connectivity index (χ2n) is 8.30. The van der Waals surface area contributed by atoms with Gasteiger partial charge in [0.25, 0.3) is 0 Å². The fraction of sp³-hybridized carbons (Fsp3) is 0.800. The van der Waals surface area contributed by atoms with Crippen LogP contribution in [0.15, 0.2) is 0 Å². The second kappa shape index (κ2) is 11.8. The monoisotopic (exact) mass is 423 g/mol. The number of primary amides is 1. The molecule has 0 aromatic carbocycles. The molecule has 1 fully saturated rings. The molecule has 1 saturated heterocycles. The summed E-state index contributed by atoms with van der Waals surface area (Å²) in [5.74, 6) is 1.07. The van der Waals surface area contributed by atoms with E-state index in [1.54, 1.807) is 11.9 Å². The van der Waals surface area contributed by atoms with Gasteiger partial charge >= 0.3 is 6.01 Å². The summed E-state index contributed by atoms with van der Waals surface area (Å²) in [4.78, 5) is 30.9. The molecule has 10 heteroatoms. The lowest BCUT2D eigenvalue weighted by Gasteiger charge is -2.37. The number of anilines is 2. The van der Waals surface area contributed by atoms with Gasteiger partial charge in [-0.05, 0) is 26.2 Å². The van der Waals surface area contributed by atoms with E-state index < -0.39 is 5.91 Å². The number of rotatable bonds is 12. The van der Waals surface area contributed by atoms with Crippen molar-refractivity contribution >= 4 is 17.8 Å². The molecule has 170 valence electrons. The number of nitrogens with two attached hydrogens (primary N) is 1. The van der Waals surface area contributed by atoms with Crippen molar-refractivity contribution < 1.29 is 14.3 Å². The molecule has 2 rings (SSSR count). The molecule has 2 heterocycles. The van der Waals surface area contributed by atoms with Crippen LogP contribution >= 0.6 is 0 Å². The van der Waals surface area contributed by atoms with Crippen molar-refractivity contribution in [3.63, 3.8) is 0 Å². The highest BCUT2D eigenvalue weighted by Crippen LogP contribution is 2.19. The normalized spacial score (nSPS) is 15.1. The maximum atomic E-state index is 11.3. The lowest BCUT2D eigenvalue weighted by Crippen LogP contribution is -2.49. The molecule has 10 nitrogen and oxygen atoms in total. The van der Waals surface area contributed by atoms with Gasteiger partial charge in [0.1, 0.15) is 6.61 Å². The van der Waals surface area contributed by atoms with Crippen LogP contribution in [0, 0.1) is 5.92 Å². The number of carbonyl (C=O) groups excluding carboxylic acids is 1. The van der Waals surface area contributed by atoms with Crippen LogP contribution in [0.25, 0.3) is 0 Å². The highest BCUT2D eigenvalue weighted by atomic mass is 16.5. The summed E-state index contributed by atoms with van der Waals surface area (Å²) in [7, 11) is 1.72. The molecular formula is C20H37N7O3. The molecule has 1 aliphatic heterocycles. The van der Waals surface area contributed by atoms with E-state index in [9.17, 15) is 4.79 Å². The minimum absolute atomic E-state index is 0.0162. The third-order valence-corrected chi connectivity index (χ3v) is 4.95. The van der Waals surface area contributed by atoms with E-state index in [1.165, 1.54) is 0 Å².